The van der Waals surface area contributed by atoms with Crippen LogP contribution in [0.5, 0.6) is 0 Å². The van der Waals surface area contributed by atoms with Gasteiger partial charge in [0.2, 0.25) is 5.91 Å². The van der Waals surface area contributed by atoms with Crippen LogP contribution in [-0.4, -0.2) is 29.1 Å². The summed E-state index contributed by atoms with van der Waals surface area (Å²) in [5, 5.41) is 0.334. The second-order valence-corrected chi connectivity index (χ2v) is 7.16. The minimum atomic E-state index is -0.331. The predicted octanol–water partition coefficient (Wildman–Crippen LogP) is 4.50. The van der Waals surface area contributed by atoms with Gasteiger partial charge in [0.25, 0.3) is 0 Å². The Bertz CT molecular complexity index is 489. The van der Waals surface area contributed by atoms with Crippen LogP contribution in [0.2, 0.25) is 5.02 Å². The molecule has 0 saturated carbocycles. The van der Waals surface area contributed by atoms with Crippen molar-refractivity contribution in [3.63, 3.8) is 0 Å². The van der Waals surface area contributed by atoms with E-state index < -0.39 is 0 Å². The van der Waals surface area contributed by atoms with Crippen LogP contribution in [0.15, 0.2) is 18.2 Å². The first-order chi connectivity index (χ1) is 10.1. The molecule has 0 aromatic heterocycles. The zero-order chi connectivity index (χ0) is 15.2. The smallest absolute Gasteiger partial charge is 0.235 e. The monoisotopic (exact) mass is 329 g/mol. The summed E-state index contributed by atoms with van der Waals surface area (Å²) in [7, 11) is 0. The summed E-state index contributed by atoms with van der Waals surface area (Å²) in [5.41, 5.74) is 0.874. The lowest BCUT2D eigenvalue weighted by Gasteiger charge is -2.24. The van der Waals surface area contributed by atoms with Gasteiger partial charge in [-0.3, -0.25) is 4.79 Å². The zero-order valence-corrected chi connectivity index (χ0v) is 13.9. The third kappa shape index (κ3) is 4.89. The Morgan fingerprint density at radius 2 is 2.00 bits per heavy atom. The number of carbonyl (C=O) groups excluding carboxylic acids is 1. The maximum absolute atomic E-state index is 13.0. The molecule has 1 amide bonds. The highest BCUT2D eigenvalue weighted by molar-refractivity contribution is 7.99. The molecule has 2 nitrogen and oxygen atoms in total. The van der Waals surface area contributed by atoms with Gasteiger partial charge in [-0.1, -0.05) is 30.5 Å². The van der Waals surface area contributed by atoms with Gasteiger partial charge in [-0.15, -0.1) is 11.8 Å². The van der Waals surface area contributed by atoms with E-state index in [1.165, 1.54) is 25.0 Å². The molecule has 1 fully saturated rings. The van der Waals surface area contributed by atoms with E-state index >= 15 is 0 Å². The fraction of sp³-hybridized carbons (Fsp3) is 0.562. The molecule has 0 radical (unpaired) electrons. The van der Waals surface area contributed by atoms with Gasteiger partial charge in [0.1, 0.15) is 5.82 Å². The van der Waals surface area contributed by atoms with Crippen molar-refractivity contribution >= 4 is 29.3 Å². The average Bonchev–Trinajstić information content (AvgIpc) is 2.74. The molecule has 1 aliphatic rings. The standard InChI is InChI=1S/C16H21ClFNOS/c1-12(16(20)19-8-4-2-3-5-9-19)21-11-13-6-7-14(18)10-15(13)17/h6-7,10,12H,2-5,8-9,11H2,1H3. The van der Waals surface area contributed by atoms with Crippen LogP contribution in [0.1, 0.15) is 38.2 Å². The number of thioether (sulfide) groups is 1. The van der Waals surface area contributed by atoms with Gasteiger partial charge in [0, 0.05) is 23.9 Å². The first kappa shape index (κ1) is 16.6. The third-order valence-electron chi connectivity index (χ3n) is 3.77. The summed E-state index contributed by atoms with van der Waals surface area (Å²) in [5.74, 6) is 0.502. The van der Waals surface area contributed by atoms with Crippen molar-refractivity contribution in [1.29, 1.82) is 0 Å². The minimum absolute atomic E-state index is 0.0933. The number of benzene rings is 1. The summed E-state index contributed by atoms with van der Waals surface area (Å²) in [6, 6.07) is 4.41. The molecule has 0 bridgehead atoms. The van der Waals surface area contributed by atoms with E-state index in [1.807, 2.05) is 11.8 Å². The third-order valence-corrected chi connectivity index (χ3v) is 5.30. The van der Waals surface area contributed by atoms with E-state index in [9.17, 15) is 9.18 Å². The maximum Gasteiger partial charge on any atom is 0.235 e. The Balaban J connectivity index is 1.88. The number of hydrogen-bond donors (Lipinski definition) is 0. The highest BCUT2D eigenvalue weighted by Gasteiger charge is 2.21. The topological polar surface area (TPSA) is 20.3 Å². The van der Waals surface area contributed by atoms with Gasteiger partial charge in [-0.05, 0) is 37.5 Å². The summed E-state index contributed by atoms with van der Waals surface area (Å²) in [4.78, 5) is 14.4. The second kappa shape index (κ2) is 8.04. The molecule has 1 atom stereocenters. The lowest BCUT2D eigenvalue weighted by molar-refractivity contribution is -0.130. The molecule has 21 heavy (non-hydrogen) atoms. The van der Waals surface area contributed by atoms with Gasteiger partial charge >= 0.3 is 0 Å². The Hall–Kier alpha value is -0.740. The lowest BCUT2D eigenvalue weighted by Crippen LogP contribution is -2.37. The highest BCUT2D eigenvalue weighted by Crippen LogP contribution is 2.26. The van der Waals surface area contributed by atoms with Crippen LogP contribution in [0.25, 0.3) is 0 Å². The average molecular weight is 330 g/mol. The summed E-state index contributed by atoms with van der Waals surface area (Å²) < 4.78 is 13.0. The molecule has 1 saturated heterocycles. The molecule has 0 spiro atoms. The first-order valence-corrected chi connectivity index (χ1v) is 8.85. The second-order valence-electron chi connectivity index (χ2n) is 5.43. The fourth-order valence-corrected chi connectivity index (χ4v) is 3.76. The van der Waals surface area contributed by atoms with E-state index in [0.29, 0.717) is 10.8 Å². The lowest BCUT2D eigenvalue weighted by atomic mass is 10.2. The molecule has 116 valence electrons. The number of likely N-dealkylation sites (tertiary alicyclic amines) is 1. The molecule has 2 rings (SSSR count). The van der Waals surface area contributed by atoms with Gasteiger partial charge in [-0.25, -0.2) is 4.39 Å². The van der Waals surface area contributed by atoms with E-state index in [1.54, 1.807) is 17.8 Å². The molecule has 1 unspecified atom stereocenters. The Labute approximate surface area is 135 Å². The van der Waals surface area contributed by atoms with Crippen molar-refractivity contribution in [1.82, 2.24) is 4.90 Å². The van der Waals surface area contributed by atoms with Crippen molar-refractivity contribution in [3.8, 4) is 0 Å². The van der Waals surface area contributed by atoms with E-state index in [2.05, 4.69) is 0 Å². The van der Waals surface area contributed by atoms with Crippen LogP contribution < -0.4 is 0 Å². The normalized spacial score (nSPS) is 17.4. The summed E-state index contributed by atoms with van der Waals surface area (Å²) in [6.07, 6.45) is 4.65. The summed E-state index contributed by atoms with van der Waals surface area (Å²) in [6.45, 7) is 3.69. The van der Waals surface area contributed by atoms with Crippen molar-refractivity contribution < 1.29 is 9.18 Å². The van der Waals surface area contributed by atoms with Gasteiger partial charge < -0.3 is 4.90 Å². The number of carbonyl (C=O) groups is 1. The van der Waals surface area contributed by atoms with E-state index in [4.69, 9.17) is 11.6 Å². The van der Waals surface area contributed by atoms with E-state index in [0.717, 1.165) is 31.5 Å². The minimum Gasteiger partial charge on any atom is -0.342 e. The van der Waals surface area contributed by atoms with Crippen molar-refractivity contribution in [2.24, 2.45) is 0 Å². The fourth-order valence-electron chi connectivity index (χ4n) is 2.47. The highest BCUT2D eigenvalue weighted by atomic mass is 35.5. The number of hydrogen-bond acceptors (Lipinski definition) is 2. The van der Waals surface area contributed by atoms with Crippen molar-refractivity contribution in [2.45, 2.75) is 43.6 Å². The molecule has 0 N–H and O–H groups in total. The van der Waals surface area contributed by atoms with Gasteiger partial charge in [-0.2, -0.15) is 0 Å². The predicted molar refractivity (Wildman–Crippen MR) is 87.2 cm³/mol. The maximum atomic E-state index is 13.0. The summed E-state index contributed by atoms with van der Waals surface area (Å²) >= 11 is 7.57. The van der Waals surface area contributed by atoms with Crippen LogP contribution >= 0.6 is 23.4 Å². The van der Waals surface area contributed by atoms with Crippen LogP contribution in [-0.2, 0) is 10.5 Å². The molecule has 5 heteroatoms. The molecule has 1 aliphatic heterocycles. The zero-order valence-electron chi connectivity index (χ0n) is 12.3. The molecular weight excluding hydrogens is 309 g/mol. The molecular formula is C16H21ClFNOS. The van der Waals surface area contributed by atoms with Gasteiger partial charge in [0.05, 0.1) is 5.25 Å². The van der Waals surface area contributed by atoms with Crippen molar-refractivity contribution in [2.75, 3.05) is 13.1 Å². The van der Waals surface area contributed by atoms with Crippen LogP contribution in [0.4, 0.5) is 4.39 Å². The first-order valence-electron chi connectivity index (χ1n) is 7.42. The molecule has 1 aromatic carbocycles. The Kier molecular flexibility index (Phi) is 6.37. The number of halogens is 2. The van der Waals surface area contributed by atoms with E-state index in [-0.39, 0.29) is 17.0 Å². The quantitative estimate of drug-likeness (QED) is 0.810. The number of amides is 1. The Morgan fingerprint density at radius 1 is 1.33 bits per heavy atom. The van der Waals surface area contributed by atoms with Crippen LogP contribution in [0.3, 0.4) is 0 Å². The molecule has 1 aromatic rings. The SMILES string of the molecule is CC(SCc1ccc(F)cc1Cl)C(=O)N1CCCCCC1. The number of nitrogens with zero attached hydrogens (tertiary/aromatic N) is 1. The van der Waals surface area contributed by atoms with Crippen LogP contribution in [0, 0.1) is 5.82 Å². The van der Waals surface area contributed by atoms with Crippen molar-refractivity contribution in [3.05, 3.63) is 34.6 Å². The molecule has 1 heterocycles. The largest absolute Gasteiger partial charge is 0.342 e. The Morgan fingerprint density at radius 3 is 2.62 bits per heavy atom. The number of rotatable bonds is 4. The molecule has 0 aliphatic carbocycles. The van der Waals surface area contributed by atoms with Gasteiger partial charge in [0.15, 0.2) is 0 Å².